The largest absolute Gasteiger partial charge is 0.385 e. The van der Waals surface area contributed by atoms with Gasteiger partial charge in [-0.2, -0.15) is 4.98 Å². The molecule has 1 fully saturated rings. The fourth-order valence-electron chi connectivity index (χ4n) is 2.96. The zero-order valence-electron chi connectivity index (χ0n) is 16.0. The smallest absolute Gasteiger partial charge is 0.225 e. The Labute approximate surface area is 161 Å². The van der Waals surface area contributed by atoms with Gasteiger partial charge in [0, 0.05) is 58.1 Å². The highest BCUT2D eigenvalue weighted by Gasteiger charge is 2.11. The van der Waals surface area contributed by atoms with E-state index in [0.717, 1.165) is 76.0 Å². The molecule has 0 unspecified atom stereocenters. The third kappa shape index (κ3) is 6.46. The summed E-state index contributed by atoms with van der Waals surface area (Å²) in [6, 6.07) is 12.2. The lowest BCUT2D eigenvalue weighted by molar-refractivity contribution is 0.0398. The zero-order valence-corrected chi connectivity index (χ0v) is 16.0. The molecule has 1 aliphatic rings. The summed E-state index contributed by atoms with van der Waals surface area (Å²) in [7, 11) is 1.72. The maximum absolute atomic E-state index is 5.40. The van der Waals surface area contributed by atoms with Crippen molar-refractivity contribution in [3.8, 4) is 11.3 Å². The molecule has 0 spiro atoms. The van der Waals surface area contributed by atoms with Crippen LogP contribution < -0.4 is 10.6 Å². The van der Waals surface area contributed by atoms with Crippen molar-refractivity contribution in [3.63, 3.8) is 0 Å². The lowest BCUT2D eigenvalue weighted by Crippen LogP contribution is -2.39. The number of benzene rings is 1. The summed E-state index contributed by atoms with van der Waals surface area (Å²) in [5, 5.41) is 6.75. The van der Waals surface area contributed by atoms with Gasteiger partial charge >= 0.3 is 0 Å². The molecule has 7 heteroatoms. The fourth-order valence-corrected chi connectivity index (χ4v) is 2.96. The Bertz CT molecular complexity index is 677. The molecule has 0 aliphatic carbocycles. The van der Waals surface area contributed by atoms with Crippen molar-refractivity contribution in [2.75, 3.05) is 70.3 Å². The molecule has 2 heterocycles. The number of rotatable bonds is 10. The highest BCUT2D eigenvalue weighted by molar-refractivity contribution is 5.64. The standard InChI is InChI=1S/C20H29N5O2/c1-26-13-5-8-21-19-16-18(17-6-3-2-4-7-17)23-20(24-19)22-9-10-25-11-14-27-15-12-25/h2-4,6-7,16H,5,8-15H2,1H3,(H2,21,22,23,24). The molecule has 0 bridgehead atoms. The van der Waals surface area contributed by atoms with E-state index in [1.165, 1.54) is 0 Å². The van der Waals surface area contributed by atoms with Crippen LogP contribution >= 0.6 is 0 Å². The summed E-state index contributed by atoms with van der Waals surface area (Å²) >= 11 is 0. The number of nitrogens with one attached hydrogen (secondary N) is 2. The van der Waals surface area contributed by atoms with E-state index in [1.807, 2.05) is 24.3 Å². The van der Waals surface area contributed by atoms with Gasteiger partial charge in [0.05, 0.1) is 18.9 Å². The van der Waals surface area contributed by atoms with Crippen LogP contribution in [0.15, 0.2) is 36.4 Å². The Morgan fingerprint density at radius 3 is 2.67 bits per heavy atom. The van der Waals surface area contributed by atoms with Gasteiger partial charge in [-0.25, -0.2) is 4.98 Å². The zero-order chi connectivity index (χ0) is 18.7. The van der Waals surface area contributed by atoms with Gasteiger partial charge < -0.3 is 20.1 Å². The minimum atomic E-state index is 0.652. The summed E-state index contributed by atoms with van der Waals surface area (Å²) in [5.74, 6) is 1.48. The molecule has 0 amide bonds. The van der Waals surface area contributed by atoms with Crippen molar-refractivity contribution in [2.24, 2.45) is 0 Å². The first-order valence-electron chi connectivity index (χ1n) is 9.56. The van der Waals surface area contributed by atoms with Gasteiger partial charge in [0.15, 0.2) is 0 Å². The Morgan fingerprint density at radius 2 is 1.89 bits per heavy atom. The number of aromatic nitrogens is 2. The monoisotopic (exact) mass is 371 g/mol. The van der Waals surface area contributed by atoms with Gasteiger partial charge in [0.25, 0.3) is 0 Å². The third-order valence-corrected chi connectivity index (χ3v) is 4.44. The van der Waals surface area contributed by atoms with Gasteiger partial charge in [0.2, 0.25) is 5.95 Å². The van der Waals surface area contributed by atoms with Gasteiger partial charge in [-0.15, -0.1) is 0 Å². The highest BCUT2D eigenvalue weighted by atomic mass is 16.5. The van der Waals surface area contributed by atoms with Crippen LogP contribution in [0, 0.1) is 0 Å². The number of morpholine rings is 1. The van der Waals surface area contributed by atoms with E-state index in [0.29, 0.717) is 5.95 Å². The molecule has 0 saturated carbocycles. The second-order valence-corrected chi connectivity index (χ2v) is 6.48. The summed E-state index contributed by atoms with van der Waals surface area (Å²) in [6.07, 6.45) is 0.932. The third-order valence-electron chi connectivity index (χ3n) is 4.44. The summed E-state index contributed by atoms with van der Waals surface area (Å²) < 4.78 is 10.5. The van der Waals surface area contributed by atoms with Crippen LogP contribution in [-0.2, 0) is 9.47 Å². The summed E-state index contributed by atoms with van der Waals surface area (Å²) in [5.41, 5.74) is 1.99. The minimum Gasteiger partial charge on any atom is -0.385 e. The van der Waals surface area contributed by atoms with Gasteiger partial charge in [-0.05, 0) is 6.42 Å². The Hall–Kier alpha value is -2.22. The van der Waals surface area contributed by atoms with Crippen molar-refractivity contribution >= 4 is 11.8 Å². The molecule has 1 aromatic heterocycles. The molecule has 0 radical (unpaired) electrons. The van der Waals surface area contributed by atoms with Gasteiger partial charge in [-0.3, -0.25) is 4.90 Å². The minimum absolute atomic E-state index is 0.652. The van der Waals surface area contributed by atoms with E-state index >= 15 is 0 Å². The van der Waals surface area contributed by atoms with Crippen LogP contribution in [0.25, 0.3) is 11.3 Å². The summed E-state index contributed by atoms with van der Waals surface area (Å²) in [6.45, 7) is 6.91. The van der Waals surface area contributed by atoms with Crippen molar-refractivity contribution in [1.29, 1.82) is 0 Å². The van der Waals surface area contributed by atoms with Crippen LogP contribution in [0.3, 0.4) is 0 Å². The molecule has 2 N–H and O–H groups in total. The second kappa shape index (κ2) is 10.8. The maximum atomic E-state index is 5.40. The molecule has 7 nitrogen and oxygen atoms in total. The average molecular weight is 371 g/mol. The number of ether oxygens (including phenoxy) is 2. The Morgan fingerprint density at radius 1 is 1.07 bits per heavy atom. The van der Waals surface area contributed by atoms with E-state index in [-0.39, 0.29) is 0 Å². The topological polar surface area (TPSA) is 71.5 Å². The predicted octanol–water partition coefficient (Wildman–Crippen LogP) is 2.34. The maximum Gasteiger partial charge on any atom is 0.225 e. The molecule has 27 heavy (non-hydrogen) atoms. The highest BCUT2D eigenvalue weighted by Crippen LogP contribution is 2.21. The molecule has 1 aromatic carbocycles. The molecule has 3 rings (SSSR count). The SMILES string of the molecule is COCCCNc1cc(-c2ccccc2)nc(NCCN2CCOCC2)n1. The van der Waals surface area contributed by atoms with E-state index in [9.17, 15) is 0 Å². The average Bonchev–Trinajstić information content (AvgIpc) is 2.73. The van der Waals surface area contributed by atoms with Crippen LogP contribution in [0.4, 0.5) is 11.8 Å². The molecule has 146 valence electrons. The van der Waals surface area contributed by atoms with E-state index < -0.39 is 0 Å². The quantitative estimate of drug-likeness (QED) is 0.621. The van der Waals surface area contributed by atoms with Crippen LogP contribution in [0.1, 0.15) is 6.42 Å². The molecule has 1 saturated heterocycles. The van der Waals surface area contributed by atoms with Crippen molar-refractivity contribution < 1.29 is 9.47 Å². The van der Waals surface area contributed by atoms with Crippen LogP contribution in [0.2, 0.25) is 0 Å². The second-order valence-electron chi connectivity index (χ2n) is 6.48. The molecule has 0 atom stereocenters. The first-order chi connectivity index (χ1) is 13.3. The normalized spacial score (nSPS) is 14.9. The van der Waals surface area contributed by atoms with Crippen LogP contribution in [0.5, 0.6) is 0 Å². The van der Waals surface area contributed by atoms with Gasteiger partial charge in [-0.1, -0.05) is 30.3 Å². The number of nitrogens with zero attached hydrogens (tertiary/aromatic N) is 3. The van der Waals surface area contributed by atoms with Crippen molar-refractivity contribution in [1.82, 2.24) is 14.9 Å². The van der Waals surface area contributed by atoms with Crippen LogP contribution in [-0.4, -0.2) is 74.5 Å². The Balaban J connectivity index is 1.65. The predicted molar refractivity (Wildman–Crippen MR) is 108 cm³/mol. The Kier molecular flexibility index (Phi) is 7.83. The molecule has 2 aromatic rings. The molecule has 1 aliphatic heterocycles. The first-order valence-corrected chi connectivity index (χ1v) is 9.56. The number of hydrogen-bond acceptors (Lipinski definition) is 7. The summed E-state index contributed by atoms with van der Waals surface area (Å²) in [4.78, 5) is 11.7. The lowest BCUT2D eigenvalue weighted by atomic mass is 10.1. The number of methoxy groups -OCH3 is 1. The molecular formula is C20H29N5O2. The van der Waals surface area contributed by atoms with Crippen molar-refractivity contribution in [2.45, 2.75) is 6.42 Å². The van der Waals surface area contributed by atoms with Gasteiger partial charge in [0.1, 0.15) is 5.82 Å². The lowest BCUT2D eigenvalue weighted by Gasteiger charge is -2.26. The van der Waals surface area contributed by atoms with Crippen molar-refractivity contribution in [3.05, 3.63) is 36.4 Å². The van der Waals surface area contributed by atoms with E-state index in [2.05, 4.69) is 32.7 Å². The van der Waals surface area contributed by atoms with E-state index in [1.54, 1.807) is 7.11 Å². The van der Waals surface area contributed by atoms with E-state index in [4.69, 9.17) is 14.5 Å². The number of anilines is 2. The first kappa shape index (κ1) is 19.5. The molecular weight excluding hydrogens is 342 g/mol. The number of hydrogen-bond donors (Lipinski definition) is 2. The fraction of sp³-hybridized carbons (Fsp3) is 0.500.